The summed E-state index contributed by atoms with van der Waals surface area (Å²) < 4.78 is 11.6. The number of amides is 4. The third-order valence-electron chi connectivity index (χ3n) is 12.0. The number of nitrogens with zero attached hydrogens (tertiary/aromatic N) is 7. The number of hydrogen-bond acceptors (Lipinski definition) is 17. The van der Waals surface area contributed by atoms with Gasteiger partial charge in [0.1, 0.15) is 17.5 Å². The van der Waals surface area contributed by atoms with Gasteiger partial charge in [-0.25, -0.2) is 9.78 Å². The van der Waals surface area contributed by atoms with Crippen LogP contribution in [0, 0.1) is 0 Å². The minimum atomic E-state index is -0.997. The molecule has 2 atom stereocenters. The van der Waals surface area contributed by atoms with Gasteiger partial charge >= 0.3 is 5.97 Å². The van der Waals surface area contributed by atoms with Gasteiger partial charge in [-0.05, 0) is 62.2 Å². The monoisotopic (exact) mass is 869 g/mol. The average molecular weight is 870 g/mol. The number of fused-ring (bicyclic) bond motifs is 2. The van der Waals surface area contributed by atoms with E-state index in [1.807, 2.05) is 56.3 Å². The summed E-state index contributed by atoms with van der Waals surface area (Å²) >= 11 is 0. The van der Waals surface area contributed by atoms with E-state index in [0.29, 0.717) is 41.5 Å². The fraction of sp³-hybridized carbons (Fsp3) is 0.356. The molecule has 0 aliphatic carbocycles. The Morgan fingerprint density at radius 2 is 1.67 bits per heavy atom. The SMILES string of the molecule is CC1(C)OC(=O)c2ccc(Nc3ncc(-c4nnc(CCNCCN5CCN(c6ccc7c(c6)C(=O)N(C6CCC(=O)NC6=O)C7=O)CC5)o4)c(N[C@H](CO)c4ccccc4)n3)cc21. The molecule has 4 aliphatic rings. The van der Waals surface area contributed by atoms with Crippen LogP contribution in [0.15, 0.2) is 77.3 Å². The number of nitrogens with one attached hydrogen (secondary N) is 4. The van der Waals surface area contributed by atoms with Crippen molar-refractivity contribution in [1.29, 1.82) is 0 Å². The van der Waals surface area contributed by atoms with Crippen LogP contribution in [-0.2, 0) is 26.3 Å². The summed E-state index contributed by atoms with van der Waals surface area (Å²) in [6.45, 7) is 8.67. The predicted octanol–water partition coefficient (Wildman–Crippen LogP) is 3.18. The molecule has 0 bridgehead atoms. The summed E-state index contributed by atoms with van der Waals surface area (Å²) in [6, 6.07) is 18.6. The molecule has 1 unspecified atom stereocenters. The van der Waals surface area contributed by atoms with Crippen molar-refractivity contribution in [3.8, 4) is 11.5 Å². The second-order valence-corrected chi connectivity index (χ2v) is 16.5. The first-order chi connectivity index (χ1) is 30.9. The van der Waals surface area contributed by atoms with Crippen LogP contribution in [0.25, 0.3) is 11.5 Å². The van der Waals surface area contributed by atoms with Gasteiger partial charge in [-0.15, -0.1) is 10.2 Å². The van der Waals surface area contributed by atoms with Crippen molar-refractivity contribution in [3.63, 3.8) is 0 Å². The number of anilines is 4. The summed E-state index contributed by atoms with van der Waals surface area (Å²) in [7, 11) is 0. The molecule has 330 valence electrons. The zero-order valence-electron chi connectivity index (χ0n) is 35.3. The number of hydrogen-bond donors (Lipinski definition) is 5. The summed E-state index contributed by atoms with van der Waals surface area (Å²) in [6.07, 6.45) is 2.25. The van der Waals surface area contributed by atoms with E-state index in [0.717, 1.165) is 61.0 Å². The number of cyclic esters (lactones) is 1. The third-order valence-corrected chi connectivity index (χ3v) is 12.0. The molecule has 2 fully saturated rings. The number of imide groups is 2. The molecule has 19 heteroatoms. The fourth-order valence-electron chi connectivity index (χ4n) is 8.47. The Morgan fingerprint density at radius 3 is 2.45 bits per heavy atom. The van der Waals surface area contributed by atoms with Crippen LogP contribution in [0.1, 0.15) is 80.8 Å². The Hall–Kier alpha value is -7.09. The number of ether oxygens (including phenoxy) is 1. The maximum atomic E-state index is 13.3. The van der Waals surface area contributed by atoms with Gasteiger partial charge in [0.05, 0.1) is 34.9 Å². The van der Waals surface area contributed by atoms with Crippen LogP contribution in [0.3, 0.4) is 0 Å². The Balaban J connectivity index is 0.785. The lowest BCUT2D eigenvalue weighted by Crippen LogP contribution is -2.54. The maximum absolute atomic E-state index is 13.3. The van der Waals surface area contributed by atoms with Crippen LogP contribution < -0.4 is 26.2 Å². The van der Waals surface area contributed by atoms with Gasteiger partial charge in [0.25, 0.3) is 17.7 Å². The van der Waals surface area contributed by atoms with E-state index in [9.17, 15) is 29.1 Å². The molecule has 64 heavy (non-hydrogen) atoms. The lowest BCUT2D eigenvalue weighted by atomic mass is 9.95. The van der Waals surface area contributed by atoms with Crippen molar-refractivity contribution >= 4 is 52.7 Å². The fourth-order valence-corrected chi connectivity index (χ4v) is 8.47. The minimum absolute atomic E-state index is 0.0726. The number of aromatic nitrogens is 4. The molecule has 0 saturated carbocycles. The van der Waals surface area contributed by atoms with Crippen LogP contribution >= 0.6 is 0 Å². The Labute approximate surface area is 367 Å². The first-order valence-corrected chi connectivity index (χ1v) is 21.3. The van der Waals surface area contributed by atoms with Crippen molar-refractivity contribution in [2.24, 2.45) is 0 Å². The van der Waals surface area contributed by atoms with Gasteiger partial charge in [-0.3, -0.25) is 34.3 Å². The van der Waals surface area contributed by atoms with Crippen molar-refractivity contribution in [2.75, 3.05) is 68.0 Å². The number of rotatable bonds is 15. The highest BCUT2D eigenvalue weighted by Gasteiger charge is 2.45. The lowest BCUT2D eigenvalue weighted by Gasteiger charge is -2.36. The smallest absolute Gasteiger partial charge is 0.339 e. The molecule has 4 amide bonds. The van der Waals surface area contributed by atoms with Crippen LogP contribution in [0.4, 0.5) is 23.1 Å². The second-order valence-electron chi connectivity index (χ2n) is 16.5. The predicted molar refractivity (Wildman–Crippen MR) is 232 cm³/mol. The molecule has 19 nitrogen and oxygen atoms in total. The summed E-state index contributed by atoms with van der Waals surface area (Å²) in [4.78, 5) is 77.7. The van der Waals surface area contributed by atoms with Crippen molar-refractivity contribution in [2.45, 2.75) is 50.8 Å². The zero-order valence-corrected chi connectivity index (χ0v) is 35.3. The van der Waals surface area contributed by atoms with Gasteiger partial charge in [-0.1, -0.05) is 30.3 Å². The number of aliphatic hydroxyl groups excluding tert-OH is 1. The van der Waals surface area contributed by atoms with E-state index < -0.39 is 41.3 Å². The van der Waals surface area contributed by atoms with E-state index in [-0.39, 0.29) is 48.4 Å². The molecular formula is C45H47N11O8. The molecule has 5 N–H and O–H groups in total. The first kappa shape index (κ1) is 42.2. The Bertz CT molecular complexity index is 2630. The molecule has 2 aromatic heterocycles. The van der Waals surface area contributed by atoms with E-state index in [1.165, 1.54) is 0 Å². The van der Waals surface area contributed by atoms with E-state index in [4.69, 9.17) is 14.1 Å². The second kappa shape index (κ2) is 17.6. The quantitative estimate of drug-likeness (QED) is 0.0577. The molecule has 4 aliphatic heterocycles. The normalized spacial score (nSPS) is 18.7. The molecule has 3 aromatic carbocycles. The van der Waals surface area contributed by atoms with Crippen LogP contribution in [0.5, 0.6) is 0 Å². The molecule has 5 aromatic rings. The molecule has 6 heterocycles. The number of benzene rings is 3. The van der Waals surface area contributed by atoms with Crippen LogP contribution in [-0.4, -0.2) is 123 Å². The summed E-state index contributed by atoms with van der Waals surface area (Å²) in [5, 5.41) is 31.3. The molecule has 0 radical (unpaired) electrons. The van der Waals surface area contributed by atoms with E-state index in [2.05, 4.69) is 46.2 Å². The van der Waals surface area contributed by atoms with Crippen molar-refractivity contribution < 1.29 is 38.2 Å². The highest BCUT2D eigenvalue weighted by molar-refractivity contribution is 6.23. The number of carbonyl (C=O) groups is 5. The van der Waals surface area contributed by atoms with Gasteiger partial charge < -0.3 is 35.1 Å². The average Bonchev–Trinajstić information content (AvgIpc) is 3.93. The maximum Gasteiger partial charge on any atom is 0.339 e. The first-order valence-electron chi connectivity index (χ1n) is 21.3. The summed E-state index contributed by atoms with van der Waals surface area (Å²) in [5.74, 6) is -1.16. The van der Waals surface area contributed by atoms with Gasteiger partial charge in [0, 0.05) is 81.8 Å². The van der Waals surface area contributed by atoms with E-state index in [1.54, 1.807) is 30.5 Å². The topological polar surface area (TPSA) is 237 Å². The third kappa shape index (κ3) is 8.51. The summed E-state index contributed by atoms with van der Waals surface area (Å²) in [5.41, 5.74) is 3.84. The number of esters is 1. The Morgan fingerprint density at radius 1 is 0.891 bits per heavy atom. The lowest BCUT2D eigenvalue weighted by molar-refractivity contribution is -0.136. The number of piperazine rings is 1. The number of carbonyl (C=O) groups excluding carboxylic acids is 5. The highest BCUT2D eigenvalue weighted by Crippen LogP contribution is 2.38. The van der Waals surface area contributed by atoms with Crippen molar-refractivity contribution in [3.05, 3.63) is 107 Å². The minimum Gasteiger partial charge on any atom is -0.451 e. The van der Waals surface area contributed by atoms with Gasteiger partial charge in [0.2, 0.25) is 23.7 Å². The number of aliphatic hydroxyl groups is 1. The zero-order chi connectivity index (χ0) is 44.5. The molecule has 9 rings (SSSR count). The largest absolute Gasteiger partial charge is 0.451 e. The molecule has 0 spiro atoms. The van der Waals surface area contributed by atoms with Gasteiger partial charge in [-0.2, -0.15) is 4.98 Å². The highest BCUT2D eigenvalue weighted by atomic mass is 16.6. The van der Waals surface area contributed by atoms with Crippen molar-refractivity contribution in [1.82, 2.24) is 40.6 Å². The number of piperidine rings is 1. The molecule has 2 saturated heterocycles. The van der Waals surface area contributed by atoms with E-state index >= 15 is 0 Å². The Kier molecular flexibility index (Phi) is 11.6. The van der Waals surface area contributed by atoms with Gasteiger partial charge in [0.15, 0.2) is 0 Å². The molecular weight excluding hydrogens is 823 g/mol. The standard InChI is InChI=1S/C45H47N11O8/c1-45(2)33-22-27(8-10-30(33)43(62)64-45)48-44-47-24-32(38(51-44)49-34(25-57)26-6-4-3-5-7-26)40-53-52-37(63-40)14-15-46-16-17-54-18-20-55(21-19-54)28-9-11-29-31(23-28)42(61)56(41(29)60)35-12-13-36(58)50-39(35)59/h3-11,22-24,34-35,46,57H,12-21,25H2,1-2H3,(H,50,58,59)(H2,47,48,49,51)/t34-,35?/m1/s1. The van der Waals surface area contributed by atoms with Crippen LogP contribution in [0.2, 0.25) is 0 Å².